The van der Waals surface area contributed by atoms with E-state index in [0.29, 0.717) is 21.8 Å². The molecule has 0 aromatic heterocycles. The van der Waals surface area contributed by atoms with Crippen LogP contribution in [0.5, 0.6) is 5.75 Å². The standard InChI is InChI=1S/C14H10BrClFNO/c15-9-6-8(4-5-11(9)17)13-7-18-12-3-1-2-10(16)14(12)19-13/h1-6,13,18H,7H2. The summed E-state index contributed by atoms with van der Waals surface area (Å²) >= 11 is 9.30. The molecule has 3 rings (SSSR count). The lowest BCUT2D eigenvalue weighted by atomic mass is 10.1. The number of ether oxygens (including phenoxy) is 1. The number of fused-ring (bicyclic) bond motifs is 1. The predicted molar refractivity (Wildman–Crippen MR) is 77.4 cm³/mol. The smallest absolute Gasteiger partial charge is 0.161 e. The molecule has 2 nitrogen and oxygen atoms in total. The molecule has 1 N–H and O–H groups in total. The molecule has 2 aromatic carbocycles. The minimum absolute atomic E-state index is 0.190. The Morgan fingerprint density at radius 1 is 1.32 bits per heavy atom. The van der Waals surface area contributed by atoms with Crippen LogP contribution in [0, 0.1) is 5.82 Å². The fraction of sp³-hybridized carbons (Fsp3) is 0.143. The molecule has 19 heavy (non-hydrogen) atoms. The van der Waals surface area contributed by atoms with Gasteiger partial charge in [-0.05, 0) is 45.8 Å². The second-order valence-corrected chi connectivity index (χ2v) is 5.54. The largest absolute Gasteiger partial charge is 0.480 e. The molecule has 1 atom stereocenters. The summed E-state index contributed by atoms with van der Waals surface area (Å²) in [5.74, 6) is 0.354. The van der Waals surface area contributed by atoms with Crippen LogP contribution in [0.25, 0.3) is 0 Å². The summed E-state index contributed by atoms with van der Waals surface area (Å²) in [6.45, 7) is 0.616. The number of benzene rings is 2. The second-order valence-electron chi connectivity index (χ2n) is 4.28. The monoisotopic (exact) mass is 341 g/mol. The summed E-state index contributed by atoms with van der Waals surface area (Å²) in [6.07, 6.45) is -0.190. The van der Waals surface area contributed by atoms with E-state index in [4.69, 9.17) is 16.3 Å². The first-order chi connectivity index (χ1) is 9.15. The van der Waals surface area contributed by atoms with Crippen molar-refractivity contribution in [2.45, 2.75) is 6.10 Å². The number of hydrogen-bond acceptors (Lipinski definition) is 2. The van der Waals surface area contributed by atoms with Crippen molar-refractivity contribution in [1.29, 1.82) is 0 Å². The molecule has 98 valence electrons. The van der Waals surface area contributed by atoms with Crippen LogP contribution in [0.4, 0.5) is 10.1 Å². The molecule has 1 aliphatic heterocycles. The van der Waals surface area contributed by atoms with Gasteiger partial charge in [0.1, 0.15) is 11.9 Å². The zero-order valence-electron chi connectivity index (χ0n) is 9.79. The van der Waals surface area contributed by atoms with Crippen LogP contribution < -0.4 is 10.1 Å². The molecule has 0 amide bonds. The zero-order chi connectivity index (χ0) is 13.4. The van der Waals surface area contributed by atoms with Crippen molar-refractivity contribution in [1.82, 2.24) is 0 Å². The van der Waals surface area contributed by atoms with E-state index >= 15 is 0 Å². The van der Waals surface area contributed by atoms with E-state index < -0.39 is 0 Å². The highest BCUT2D eigenvalue weighted by molar-refractivity contribution is 9.10. The highest BCUT2D eigenvalue weighted by Gasteiger charge is 2.23. The maximum atomic E-state index is 13.2. The van der Waals surface area contributed by atoms with Crippen molar-refractivity contribution >= 4 is 33.2 Å². The predicted octanol–water partition coefficient (Wildman–Crippen LogP) is 4.79. The van der Waals surface area contributed by atoms with Crippen molar-refractivity contribution in [3.8, 4) is 5.75 Å². The van der Waals surface area contributed by atoms with Gasteiger partial charge in [-0.25, -0.2) is 4.39 Å². The summed E-state index contributed by atoms with van der Waals surface area (Å²) in [7, 11) is 0. The average Bonchev–Trinajstić information content (AvgIpc) is 2.42. The number of halogens is 3. The normalized spacial score (nSPS) is 17.3. The van der Waals surface area contributed by atoms with Crippen molar-refractivity contribution in [2.24, 2.45) is 0 Å². The minimum atomic E-state index is -0.286. The van der Waals surface area contributed by atoms with Crippen LogP contribution in [0.1, 0.15) is 11.7 Å². The van der Waals surface area contributed by atoms with E-state index in [0.717, 1.165) is 11.3 Å². The van der Waals surface area contributed by atoms with Crippen molar-refractivity contribution in [3.05, 3.63) is 57.3 Å². The fourth-order valence-corrected chi connectivity index (χ4v) is 2.67. The molecule has 1 unspecified atom stereocenters. The lowest BCUT2D eigenvalue weighted by molar-refractivity contribution is 0.210. The summed E-state index contributed by atoms with van der Waals surface area (Å²) in [4.78, 5) is 0. The quantitative estimate of drug-likeness (QED) is 0.805. The van der Waals surface area contributed by atoms with E-state index in [1.54, 1.807) is 18.2 Å². The Morgan fingerprint density at radius 2 is 2.16 bits per heavy atom. The van der Waals surface area contributed by atoms with Crippen LogP contribution >= 0.6 is 27.5 Å². The summed E-state index contributed by atoms with van der Waals surface area (Å²) in [5.41, 5.74) is 1.77. The van der Waals surface area contributed by atoms with Gasteiger partial charge in [-0.3, -0.25) is 0 Å². The van der Waals surface area contributed by atoms with Gasteiger partial charge in [-0.15, -0.1) is 0 Å². The molecule has 0 bridgehead atoms. The van der Waals surface area contributed by atoms with Crippen LogP contribution in [0.15, 0.2) is 40.9 Å². The third-order valence-corrected chi connectivity index (χ3v) is 3.93. The van der Waals surface area contributed by atoms with Gasteiger partial charge in [0.15, 0.2) is 5.75 Å². The van der Waals surface area contributed by atoms with E-state index in [1.807, 2.05) is 12.1 Å². The summed E-state index contributed by atoms with van der Waals surface area (Å²) in [6, 6.07) is 10.4. The van der Waals surface area contributed by atoms with Gasteiger partial charge >= 0.3 is 0 Å². The van der Waals surface area contributed by atoms with Gasteiger partial charge in [-0.1, -0.05) is 23.7 Å². The Kier molecular flexibility index (Phi) is 3.37. The SMILES string of the molecule is Fc1ccc(C2CNc3cccc(Cl)c3O2)cc1Br. The number of hydrogen-bond donors (Lipinski definition) is 1. The van der Waals surface area contributed by atoms with E-state index in [9.17, 15) is 4.39 Å². The van der Waals surface area contributed by atoms with Crippen LogP contribution in [-0.4, -0.2) is 6.54 Å². The zero-order valence-corrected chi connectivity index (χ0v) is 12.1. The van der Waals surface area contributed by atoms with Crippen LogP contribution in [0.3, 0.4) is 0 Å². The van der Waals surface area contributed by atoms with Gasteiger partial charge in [-0.2, -0.15) is 0 Å². The Bertz CT molecular complexity index is 635. The van der Waals surface area contributed by atoms with E-state index in [2.05, 4.69) is 21.2 Å². The van der Waals surface area contributed by atoms with E-state index in [1.165, 1.54) is 6.07 Å². The molecule has 0 radical (unpaired) electrons. The Labute approximate surface area is 123 Å². The number of anilines is 1. The molecule has 1 heterocycles. The maximum Gasteiger partial charge on any atom is 0.161 e. The Hall–Kier alpha value is -1.26. The third kappa shape index (κ3) is 2.42. The van der Waals surface area contributed by atoms with Crippen molar-refractivity contribution in [3.63, 3.8) is 0 Å². The van der Waals surface area contributed by atoms with Gasteiger partial charge in [0, 0.05) is 0 Å². The van der Waals surface area contributed by atoms with Crippen molar-refractivity contribution < 1.29 is 9.13 Å². The molecular formula is C14H10BrClFNO. The molecule has 2 aromatic rings. The van der Waals surface area contributed by atoms with Gasteiger partial charge in [0.05, 0.1) is 21.7 Å². The van der Waals surface area contributed by atoms with Gasteiger partial charge < -0.3 is 10.1 Å². The average molecular weight is 343 g/mol. The summed E-state index contributed by atoms with van der Waals surface area (Å²) in [5, 5.41) is 3.83. The Morgan fingerprint density at radius 3 is 2.95 bits per heavy atom. The Balaban J connectivity index is 1.93. The van der Waals surface area contributed by atoms with Crippen molar-refractivity contribution in [2.75, 3.05) is 11.9 Å². The molecule has 0 saturated heterocycles. The molecule has 0 saturated carbocycles. The first-order valence-electron chi connectivity index (χ1n) is 5.79. The number of rotatable bonds is 1. The second kappa shape index (κ2) is 5.02. The number of nitrogens with one attached hydrogen (secondary N) is 1. The maximum absolute atomic E-state index is 13.2. The third-order valence-electron chi connectivity index (χ3n) is 3.02. The first kappa shape index (κ1) is 12.8. The van der Waals surface area contributed by atoms with Crippen LogP contribution in [0.2, 0.25) is 5.02 Å². The molecule has 5 heteroatoms. The molecule has 1 aliphatic rings. The lowest BCUT2D eigenvalue weighted by Gasteiger charge is -2.28. The lowest BCUT2D eigenvalue weighted by Crippen LogP contribution is -2.23. The molecule has 0 fully saturated rings. The fourth-order valence-electron chi connectivity index (χ4n) is 2.05. The summed E-state index contributed by atoms with van der Waals surface area (Å²) < 4.78 is 19.6. The highest BCUT2D eigenvalue weighted by Crippen LogP contribution is 2.39. The number of para-hydroxylation sites is 1. The van der Waals surface area contributed by atoms with Gasteiger partial charge in [0.2, 0.25) is 0 Å². The minimum Gasteiger partial charge on any atom is -0.480 e. The molecule has 0 spiro atoms. The first-order valence-corrected chi connectivity index (χ1v) is 6.96. The van der Waals surface area contributed by atoms with Gasteiger partial charge in [0.25, 0.3) is 0 Å². The highest BCUT2D eigenvalue weighted by atomic mass is 79.9. The molecular weight excluding hydrogens is 333 g/mol. The van der Waals surface area contributed by atoms with Crippen LogP contribution in [-0.2, 0) is 0 Å². The topological polar surface area (TPSA) is 21.3 Å². The molecule has 0 aliphatic carbocycles. The van der Waals surface area contributed by atoms with E-state index in [-0.39, 0.29) is 11.9 Å².